The molecule has 4 aromatic rings. The standard InChI is InChI=1S/C25H21BrN4O3S/c1-3-13-34-25-27-23(32)22-18-9-4-5-10-19(18)29(15(2)31)24(30(22)28-25)21-12-11-20(33-21)16-7-6-8-17(26)14-16/h4-12,14,24H,3,13H2,1-2H3/p+1/t24-/m0/s1. The summed E-state index contributed by atoms with van der Waals surface area (Å²) in [5.41, 5.74) is 2.32. The number of amides is 1. The van der Waals surface area contributed by atoms with Gasteiger partial charge in [0.25, 0.3) is 0 Å². The fraction of sp³-hybridized carbons (Fsp3) is 0.200. The Morgan fingerprint density at radius 1 is 1.21 bits per heavy atom. The van der Waals surface area contributed by atoms with Crippen LogP contribution in [0.4, 0.5) is 5.69 Å². The molecule has 172 valence electrons. The first kappa shape index (κ1) is 22.6. The third-order valence-corrected chi connectivity index (χ3v) is 7.09. The summed E-state index contributed by atoms with van der Waals surface area (Å²) in [5.74, 6) is 1.80. The number of nitrogens with one attached hydrogen (secondary N) is 1. The van der Waals surface area contributed by atoms with Crippen molar-refractivity contribution in [1.82, 2.24) is 10.1 Å². The fourth-order valence-corrected chi connectivity index (χ4v) is 5.23. The van der Waals surface area contributed by atoms with Crippen LogP contribution in [0.15, 0.2) is 79.5 Å². The van der Waals surface area contributed by atoms with Crippen molar-refractivity contribution in [3.8, 4) is 22.6 Å². The Hall–Kier alpha value is -3.17. The first-order valence-corrected chi connectivity index (χ1v) is 12.7. The Morgan fingerprint density at radius 3 is 2.79 bits per heavy atom. The number of aromatic amines is 1. The second-order valence-electron chi connectivity index (χ2n) is 7.89. The molecule has 1 atom stereocenters. The third-order valence-electron chi connectivity index (χ3n) is 5.53. The van der Waals surface area contributed by atoms with Crippen LogP contribution in [0.1, 0.15) is 32.2 Å². The molecule has 0 aliphatic carbocycles. The lowest BCUT2D eigenvalue weighted by Gasteiger charge is -2.30. The smallest absolute Gasteiger partial charge is 0.325 e. The number of halogens is 1. The lowest BCUT2D eigenvalue weighted by Crippen LogP contribution is -2.60. The number of fused-ring (bicyclic) bond motifs is 3. The maximum Gasteiger partial charge on any atom is 0.325 e. The zero-order valence-corrected chi connectivity index (χ0v) is 21.0. The molecule has 1 aliphatic rings. The molecule has 1 N–H and O–H groups in total. The molecule has 0 unspecified atom stereocenters. The molecule has 0 saturated carbocycles. The van der Waals surface area contributed by atoms with E-state index >= 15 is 0 Å². The van der Waals surface area contributed by atoms with E-state index in [1.54, 1.807) is 9.58 Å². The topological polar surface area (TPSA) is 83.1 Å². The van der Waals surface area contributed by atoms with Crippen LogP contribution in [-0.4, -0.2) is 21.7 Å². The molecule has 34 heavy (non-hydrogen) atoms. The molecule has 2 aromatic heterocycles. The van der Waals surface area contributed by atoms with Gasteiger partial charge < -0.3 is 4.42 Å². The van der Waals surface area contributed by atoms with Gasteiger partial charge in [0.15, 0.2) is 5.76 Å². The predicted molar refractivity (Wildman–Crippen MR) is 135 cm³/mol. The van der Waals surface area contributed by atoms with Gasteiger partial charge in [0.2, 0.25) is 11.1 Å². The molecule has 7 nitrogen and oxygen atoms in total. The van der Waals surface area contributed by atoms with Crippen molar-refractivity contribution in [2.45, 2.75) is 31.6 Å². The summed E-state index contributed by atoms with van der Waals surface area (Å²) in [4.78, 5) is 30.8. The van der Waals surface area contributed by atoms with Gasteiger partial charge in [-0.1, -0.05) is 58.9 Å². The maximum atomic E-state index is 13.3. The number of benzene rings is 2. The number of hydrogen-bond donors (Lipinski definition) is 1. The van der Waals surface area contributed by atoms with Crippen molar-refractivity contribution in [2.75, 3.05) is 10.7 Å². The minimum atomic E-state index is -0.744. The Morgan fingerprint density at radius 2 is 2.03 bits per heavy atom. The quantitative estimate of drug-likeness (QED) is 0.280. The third kappa shape index (κ3) is 3.99. The van der Waals surface area contributed by atoms with Crippen molar-refractivity contribution in [3.63, 3.8) is 0 Å². The van der Waals surface area contributed by atoms with Gasteiger partial charge in [0.05, 0.1) is 11.3 Å². The number of carbonyl (C=O) groups is 1. The van der Waals surface area contributed by atoms with Crippen molar-refractivity contribution in [1.29, 1.82) is 0 Å². The van der Waals surface area contributed by atoms with Gasteiger partial charge in [0, 0.05) is 27.8 Å². The molecule has 1 amide bonds. The van der Waals surface area contributed by atoms with Crippen LogP contribution in [0.25, 0.3) is 22.6 Å². The van der Waals surface area contributed by atoms with E-state index < -0.39 is 6.17 Å². The van der Waals surface area contributed by atoms with Gasteiger partial charge in [-0.2, -0.15) is 0 Å². The first-order valence-electron chi connectivity index (χ1n) is 10.9. The molecule has 0 spiro atoms. The van der Waals surface area contributed by atoms with E-state index in [1.807, 2.05) is 60.7 Å². The molecular weight excluding hydrogens is 516 g/mol. The Kier molecular flexibility index (Phi) is 6.14. The van der Waals surface area contributed by atoms with Crippen LogP contribution in [0.5, 0.6) is 0 Å². The van der Waals surface area contributed by atoms with Crippen LogP contribution in [0.3, 0.4) is 0 Å². The fourth-order valence-electron chi connectivity index (χ4n) is 4.12. The SMILES string of the molecule is CCCSc1n[n+]2c(c(=O)[nH]1)-c1ccccc1N(C(C)=O)[C@@H]2c1ccc(-c2cccc(Br)c2)o1. The second kappa shape index (κ2) is 9.23. The first-order chi connectivity index (χ1) is 16.5. The van der Waals surface area contributed by atoms with Crippen molar-refractivity contribution >= 4 is 39.3 Å². The summed E-state index contributed by atoms with van der Waals surface area (Å²) in [6.07, 6.45) is 0.197. The normalized spacial score (nSPS) is 14.6. The number of carbonyl (C=O) groups excluding carboxylic acids is 1. The summed E-state index contributed by atoms with van der Waals surface area (Å²) in [7, 11) is 0. The van der Waals surface area contributed by atoms with Gasteiger partial charge in [-0.15, -0.1) is 0 Å². The number of nitrogens with zero attached hydrogens (tertiary/aromatic N) is 3. The summed E-state index contributed by atoms with van der Waals surface area (Å²) in [6.45, 7) is 3.58. The Balaban J connectivity index is 1.73. The summed E-state index contributed by atoms with van der Waals surface area (Å²) in [5, 5.41) is 5.26. The van der Waals surface area contributed by atoms with E-state index in [4.69, 9.17) is 9.52 Å². The highest BCUT2D eigenvalue weighted by Crippen LogP contribution is 2.38. The predicted octanol–water partition coefficient (Wildman–Crippen LogP) is 5.16. The molecule has 0 saturated heterocycles. The number of H-pyrrole nitrogens is 1. The summed E-state index contributed by atoms with van der Waals surface area (Å²) >= 11 is 4.97. The van der Waals surface area contributed by atoms with Gasteiger partial charge in [0.1, 0.15) is 5.76 Å². The minimum absolute atomic E-state index is 0.180. The molecule has 0 radical (unpaired) electrons. The van der Waals surface area contributed by atoms with E-state index in [9.17, 15) is 9.59 Å². The molecule has 0 fully saturated rings. The second-order valence-corrected chi connectivity index (χ2v) is 9.89. The zero-order chi connectivity index (χ0) is 23.8. The van der Waals surface area contributed by atoms with Crippen LogP contribution in [0, 0.1) is 0 Å². The van der Waals surface area contributed by atoms with Crippen LogP contribution in [0.2, 0.25) is 0 Å². The monoisotopic (exact) mass is 537 g/mol. The number of thioether (sulfide) groups is 1. The van der Waals surface area contributed by atoms with Gasteiger partial charge in [-0.05, 0) is 47.5 Å². The largest absolute Gasteiger partial charge is 0.452 e. The molecular formula is C25H22BrN4O3S+. The number of rotatable bonds is 5. The van der Waals surface area contributed by atoms with Crippen LogP contribution in [-0.2, 0) is 4.79 Å². The molecule has 2 aromatic carbocycles. The van der Waals surface area contributed by atoms with Crippen LogP contribution < -0.4 is 15.1 Å². The van der Waals surface area contributed by atoms with Crippen molar-refractivity contribution < 1.29 is 13.9 Å². The van der Waals surface area contributed by atoms with Gasteiger partial charge in [-0.25, -0.2) is 4.90 Å². The van der Waals surface area contributed by atoms with E-state index in [1.165, 1.54) is 18.7 Å². The highest BCUT2D eigenvalue weighted by Gasteiger charge is 2.46. The van der Waals surface area contributed by atoms with E-state index in [-0.39, 0.29) is 11.5 Å². The van der Waals surface area contributed by atoms with Gasteiger partial charge >= 0.3 is 17.4 Å². The number of furan rings is 1. The van der Waals surface area contributed by atoms with E-state index in [2.05, 4.69) is 27.8 Å². The molecule has 9 heteroatoms. The number of hydrogen-bond acceptors (Lipinski definition) is 5. The molecule has 5 rings (SSSR count). The Labute approximate surface area is 208 Å². The highest BCUT2D eigenvalue weighted by atomic mass is 79.9. The van der Waals surface area contributed by atoms with E-state index in [0.29, 0.717) is 33.6 Å². The zero-order valence-electron chi connectivity index (χ0n) is 18.6. The molecule has 1 aliphatic heterocycles. The number of aromatic nitrogens is 3. The lowest BCUT2D eigenvalue weighted by atomic mass is 10.0. The summed E-state index contributed by atoms with van der Waals surface area (Å²) in [6, 6.07) is 18.9. The molecule has 0 bridgehead atoms. The van der Waals surface area contributed by atoms with Crippen molar-refractivity contribution in [3.05, 3.63) is 81.3 Å². The van der Waals surface area contributed by atoms with Crippen LogP contribution >= 0.6 is 27.7 Å². The number of anilines is 1. The summed E-state index contributed by atoms with van der Waals surface area (Å²) < 4.78 is 8.83. The van der Waals surface area contributed by atoms with Crippen molar-refractivity contribution in [2.24, 2.45) is 0 Å². The highest BCUT2D eigenvalue weighted by molar-refractivity contribution is 9.10. The number of para-hydroxylation sites is 1. The average Bonchev–Trinajstić information content (AvgIpc) is 3.31. The minimum Gasteiger partial charge on any atom is -0.452 e. The lowest BCUT2D eigenvalue weighted by molar-refractivity contribution is -0.764. The maximum absolute atomic E-state index is 13.3. The Bertz CT molecular complexity index is 1450. The van der Waals surface area contributed by atoms with Gasteiger partial charge in [-0.3, -0.25) is 14.6 Å². The average molecular weight is 538 g/mol. The molecule has 3 heterocycles. The van der Waals surface area contributed by atoms with E-state index in [0.717, 1.165) is 22.2 Å².